The molecule has 14 heteroatoms. The Kier molecular flexibility index (Phi) is 6.99. The highest BCUT2D eigenvalue weighted by atomic mass is 19.3. The Hall–Kier alpha value is -4.15. The zero-order chi connectivity index (χ0) is 26.1. The maximum absolute atomic E-state index is 14.3. The molecule has 0 aliphatic heterocycles. The van der Waals surface area contributed by atoms with Crippen molar-refractivity contribution in [3.05, 3.63) is 85.0 Å². The number of ether oxygens (including phenoxy) is 1. The topological polar surface area (TPSA) is 94.2 Å². The van der Waals surface area contributed by atoms with Crippen molar-refractivity contribution in [2.24, 2.45) is 0 Å². The SMILES string of the molecule is [C-]#[N+]c1cc(C(F)F)cc(Oc2c(C(F)(F)C(F)F)ncn(Cc3cnc(C)[nH]c3=O)c2=O)c1C. The summed E-state index contributed by atoms with van der Waals surface area (Å²) in [5.74, 6) is -6.68. The lowest BCUT2D eigenvalue weighted by atomic mass is 10.1. The number of aromatic nitrogens is 4. The minimum atomic E-state index is -4.95. The summed E-state index contributed by atoms with van der Waals surface area (Å²) in [6.45, 7) is 9.29. The fourth-order valence-electron chi connectivity index (χ4n) is 2.97. The predicted octanol–water partition coefficient (Wildman–Crippen LogP) is 4.63. The molecule has 184 valence electrons. The summed E-state index contributed by atoms with van der Waals surface area (Å²) in [5.41, 5.74) is -5.05. The molecular formula is C21H15F6N5O3. The van der Waals surface area contributed by atoms with E-state index >= 15 is 0 Å². The van der Waals surface area contributed by atoms with Crippen molar-refractivity contribution < 1.29 is 31.1 Å². The Morgan fingerprint density at radius 2 is 1.86 bits per heavy atom. The number of H-pyrrole nitrogens is 1. The molecule has 0 saturated heterocycles. The molecule has 0 spiro atoms. The molecule has 0 amide bonds. The van der Waals surface area contributed by atoms with Gasteiger partial charge < -0.3 is 9.72 Å². The maximum atomic E-state index is 14.3. The average molecular weight is 499 g/mol. The van der Waals surface area contributed by atoms with Gasteiger partial charge in [-0.3, -0.25) is 14.2 Å². The van der Waals surface area contributed by atoms with E-state index in [1.807, 2.05) is 0 Å². The van der Waals surface area contributed by atoms with Gasteiger partial charge in [0.05, 0.1) is 25.0 Å². The monoisotopic (exact) mass is 499 g/mol. The third kappa shape index (κ3) is 5.03. The van der Waals surface area contributed by atoms with Crippen molar-refractivity contribution >= 4 is 5.69 Å². The van der Waals surface area contributed by atoms with Crippen LogP contribution < -0.4 is 15.9 Å². The lowest BCUT2D eigenvalue weighted by molar-refractivity contribution is -0.139. The number of aromatic amines is 1. The molecule has 3 rings (SSSR count). The molecule has 1 aromatic carbocycles. The van der Waals surface area contributed by atoms with E-state index in [-0.39, 0.29) is 22.6 Å². The van der Waals surface area contributed by atoms with Crippen LogP contribution in [-0.2, 0) is 12.5 Å². The Morgan fingerprint density at radius 1 is 1.17 bits per heavy atom. The normalized spacial score (nSPS) is 11.7. The summed E-state index contributed by atoms with van der Waals surface area (Å²) in [6.07, 6.45) is -5.75. The highest BCUT2D eigenvalue weighted by molar-refractivity contribution is 5.61. The zero-order valence-corrected chi connectivity index (χ0v) is 18.0. The first kappa shape index (κ1) is 25.5. The fraction of sp³-hybridized carbons (Fsp3) is 0.286. The largest absolute Gasteiger partial charge is 0.450 e. The molecule has 0 unspecified atom stereocenters. The smallest absolute Gasteiger partial charge is 0.352 e. The Balaban J connectivity index is 2.22. The van der Waals surface area contributed by atoms with Gasteiger partial charge in [-0.25, -0.2) is 32.4 Å². The highest BCUT2D eigenvalue weighted by Gasteiger charge is 2.48. The number of aryl methyl sites for hydroxylation is 1. The summed E-state index contributed by atoms with van der Waals surface area (Å²) < 4.78 is 87.1. The molecule has 0 fully saturated rings. The quantitative estimate of drug-likeness (QED) is 0.378. The van der Waals surface area contributed by atoms with Crippen molar-refractivity contribution in [2.75, 3.05) is 0 Å². The Morgan fingerprint density at radius 3 is 2.43 bits per heavy atom. The zero-order valence-electron chi connectivity index (χ0n) is 18.0. The van der Waals surface area contributed by atoms with E-state index in [9.17, 15) is 35.9 Å². The standard InChI is InChI=1S/C21H15F6N5O3/c1-9-13(28-3)4-11(17(22)23)5-14(9)35-15-16(21(26,27)20(24)25)30-8-32(19(15)34)7-12-6-29-10(2)31-18(12)33/h4-6,8,17,20H,7H2,1-2H3,(H,29,31,33). The third-order valence-electron chi connectivity index (χ3n) is 4.87. The second-order valence-electron chi connectivity index (χ2n) is 7.28. The fourth-order valence-corrected chi connectivity index (χ4v) is 2.97. The molecule has 0 aliphatic rings. The Bertz CT molecular complexity index is 1430. The van der Waals surface area contributed by atoms with Crippen LogP contribution in [-0.4, -0.2) is 25.9 Å². The minimum Gasteiger partial charge on any atom is -0.450 e. The maximum Gasteiger partial charge on any atom is 0.352 e. The number of rotatable bonds is 7. The molecule has 0 radical (unpaired) electrons. The van der Waals surface area contributed by atoms with Gasteiger partial charge in [-0.2, -0.15) is 8.78 Å². The molecule has 2 heterocycles. The van der Waals surface area contributed by atoms with E-state index in [0.717, 1.165) is 12.3 Å². The number of nitrogens with one attached hydrogen (secondary N) is 1. The highest BCUT2D eigenvalue weighted by Crippen LogP contribution is 2.41. The van der Waals surface area contributed by atoms with Gasteiger partial charge in [-0.1, -0.05) is 0 Å². The van der Waals surface area contributed by atoms with Crippen LogP contribution in [0.3, 0.4) is 0 Å². The number of alkyl halides is 6. The van der Waals surface area contributed by atoms with Crippen LogP contribution in [0.4, 0.5) is 32.0 Å². The summed E-state index contributed by atoms with van der Waals surface area (Å²) in [4.78, 5) is 37.6. The van der Waals surface area contributed by atoms with Crippen molar-refractivity contribution in [3.63, 3.8) is 0 Å². The molecule has 3 aromatic rings. The number of hydrogen-bond donors (Lipinski definition) is 1. The molecule has 0 atom stereocenters. The van der Waals surface area contributed by atoms with Gasteiger partial charge >= 0.3 is 12.3 Å². The van der Waals surface area contributed by atoms with Crippen molar-refractivity contribution in [2.45, 2.75) is 39.2 Å². The van der Waals surface area contributed by atoms with Crippen LogP contribution in [0.25, 0.3) is 4.85 Å². The lowest BCUT2D eigenvalue weighted by Crippen LogP contribution is -2.32. The molecule has 0 aliphatic carbocycles. The summed E-state index contributed by atoms with van der Waals surface area (Å²) in [7, 11) is 0. The van der Waals surface area contributed by atoms with E-state index in [2.05, 4.69) is 19.8 Å². The molecule has 0 bridgehead atoms. The Labute approximate surface area is 192 Å². The minimum absolute atomic E-state index is 0.0926. The van der Waals surface area contributed by atoms with Crippen LogP contribution in [0.15, 0.2) is 34.2 Å². The molecule has 35 heavy (non-hydrogen) atoms. The summed E-state index contributed by atoms with van der Waals surface area (Å²) >= 11 is 0. The van der Waals surface area contributed by atoms with Crippen LogP contribution in [0.5, 0.6) is 11.5 Å². The van der Waals surface area contributed by atoms with E-state index in [4.69, 9.17) is 11.3 Å². The molecule has 0 saturated carbocycles. The van der Waals surface area contributed by atoms with Crippen molar-refractivity contribution in [1.82, 2.24) is 19.5 Å². The predicted molar refractivity (Wildman–Crippen MR) is 110 cm³/mol. The van der Waals surface area contributed by atoms with Crippen LogP contribution >= 0.6 is 0 Å². The van der Waals surface area contributed by atoms with E-state index in [1.54, 1.807) is 0 Å². The van der Waals surface area contributed by atoms with Crippen molar-refractivity contribution in [1.29, 1.82) is 0 Å². The van der Waals surface area contributed by atoms with E-state index in [0.29, 0.717) is 17.0 Å². The second kappa shape index (κ2) is 9.61. The summed E-state index contributed by atoms with van der Waals surface area (Å²) in [6, 6.07) is 1.54. The van der Waals surface area contributed by atoms with Gasteiger partial charge in [0.1, 0.15) is 11.6 Å². The number of benzene rings is 1. The van der Waals surface area contributed by atoms with Crippen molar-refractivity contribution in [3.8, 4) is 11.5 Å². The van der Waals surface area contributed by atoms with Crippen LogP contribution in [0, 0.1) is 20.4 Å². The van der Waals surface area contributed by atoms with Gasteiger partial charge in [-0.05, 0) is 31.5 Å². The van der Waals surface area contributed by atoms with E-state index in [1.165, 1.54) is 13.8 Å². The molecular weight excluding hydrogens is 484 g/mol. The van der Waals surface area contributed by atoms with Gasteiger partial charge in [0, 0.05) is 11.8 Å². The third-order valence-corrected chi connectivity index (χ3v) is 4.87. The van der Waals surface area contributed by atoms with Gasteiger partial charge in [-0.15, -0.1) is 0 Å². The first-order valence-electron chi connectivity index (χ1n) is 9.65. The van der Waals surface area contributed by atoms with Crippen LogP contribution in [0.1, 0.15) is 34.6 Å². The lowest BCUT2D eigenvalue weighted by Gasteiger charge is -2.20. The summed E-state index contributed by atoms with van der Waals surface area (Å²) in [5, 5.41) is 0. The second-order valence-corrected chi connectivity index (χ2v) is 7.28. The average Bonchev–Trinajstić information content (AvgIpc) is 2.78. The van der Waals surface area contributed by atoms with Gasteiger partial charge in [0.15, 0.2) is 11.4 Å². The molecule has 2 aromatic heterocycles. The van der Waals surface area contributed by atoms with Crippen LogP contribution in [0.2, 0.25) is 0 Å². The van der Waals surface area contributed by atoms with Gasteiger partial charge in [0.2, 0.25) is 5.75 Å². The first-order chi connectivity index (χ1) is 16.4. The molecule has 1 N–H and O–H groups in total. The van der Waals surface area contributed by atoms with E-state index < -0.39 is 59.2 Å². The van der Waals surface area contributed by atoms with Gasteiger partial charge in [0.25, 0.3) is 17.5 Å². The number of hydrogen-bond acceptors (Lipinski definition) is 5. The number of halogens is 6. The molecule has 8 nitrogen and oxygen atoms in total. The first-order valence-corrected chi connectivity index (χ1v) is 9.65. The number of nitrogens with zero attached hydrogens (tertiary/aromatic N) is 4.